The highest BCUT2D eigenvalue weighted by Crippen LogP contribution is 2.23. The molecule has 0 spiro atoms. The summed E-state index contributed by atoms with van der Waals surface area (Å²) in [5, 5.41) is 10.4. The average molecular weight is 208 g/mol. The molecule has 74 valence electrons. The van der Waals surface area contributed by atoms with E-state index in [-0.39, 0.29) is 11.0 Å². The smallest absolute Gasteiger partial charge is 0.404 e. The molecule has 0 aromatic carbocycles. The number of nitro groups is 1. The number of hydrogen-bond acceptors (Lipinski definition) is 4. The molecule has 1 fully saturated rings. The van der Waals surface area contributed by atoms with Crippen LogP contribution in [0.3, 0.4) is 0 Å². The quantitative estimate of drug-likeness (QED) is 0.394. The third-order valence-electron chi connectivity index (χ3n) is 2.20. The van der Waals surface area contributed by atoms with Gasteiger partial charge in [-0.3, -0.25) is 10.1 Å². The van der Waals surface area contributed by atoms with E-state index < -0.39 is 11.5 Å². The predicted octanol–water partition coefficient (Wildman–Crippen LogP) is 1.95. The molecule has 0 heterocycles. The minimum atomic E-state index is -0.829. The normalized spacial score (nSPS) is 28.1. The number of hydrogen-bond donors (Lipinski definition) is 0. The Kier molecular flexibility index (Phi) is 3.48. The zero-order chi connectivity index (χ0) is 9.84. The van der Waals surface area contributed by atoms with Crippen molar-refractivity contribution in [1.29, 1.82) is 0 Å². The second-order valence-corrected chi connectivity index (χ2v) is 3.38. The van der Waals surface area contributed by atoms with Crippen LogP contribution in [0.1, 0.15) is 25.7 Å². The molecule has 0 radical (unpaired) electrons. The van der Waals surface area contributed by atoms with Gasteiger partial charge in [0, 0.05) is 29.4 Å². The fourth-order valence-corrected chi connectivity index (χ4v) is 1.63. The molecule has 6 heteroatoms. The predicted molar refractivity (Wildman–Crippen MR) is 45.4 cm³/mol. The van der Waals surface area contributed by atoms with E-state index >= 15 is 0 Å². The van der Waals surface area contributed by atoms with Crippen molar-refractivity contribution in [3.8, 4) is 0 Å². The second kappa shape index (κ2) is 4.41. The molecule has 0 unspecified atom stereocenters. The van der Waals surface area contributed by atoms with Gasteiger partial charge in [0.05, 0.1) is 0 Å². The van der Waals surface area contributed by atoms with E-state index in [1.165, 1.54) is 0 Å². The lowest BCUT2D eigenvalue weighted by atomic mass is 9.93. The molecule has 1 aliphatic rings. The maximum Gasteiger partial charge on any atom is 0.404 e. The van der Waals surface area contributed by atoms with Gasteiger partial charge < -0.3 is 4.74 Å². The number of nitrogens with zero attached hydrogens (tertiary/aromatic N) is 1. The molecule has 0 N–H and O–H groups in total. The number of rotatable bonds is 2. The minimum Gasteiger partial charge on any atom is -0.450 e. The largest absolute Gasteiger partial charge is 0.450 e. The second-order valence-electron chi connectivity index (χ2n) is 3.07. The van der Waals surface area contributed by atoms with Crippen LogP contribution in [0.4, 0.5) is 4.79 Å². The first-order chi connectivity index (χ1) is 6.09. The summed E-state index contributed by atoms with van der Waals surface area (Å²) in [6, 6.07) is -0.481. The third-order valence-corrected chi connectivity index (χ3v) is 2.29. The van der Waals surface area contributed by atoms with Crippen LogP contribution in [0.15, 0.2) is 0 Å². The van der Waals surface area contributed by atoms with E-state index in [4.69, 9.17) is 16.3 Å². The lowest BCUT2D eigenvalue weighted by Gasteiger charge is -2.22. The van der Waals surface area contributed by atoms with Gasteiger partial charge in [-0.2, -0.15) is 0 Å². The standard InChI is InChI=1S/C7H10ClNO4/c8-7(10)13-6-3-1-5(2-4-6)9(11)12/h5-6H,1-4H2. The van der Waals surface area contributed by atoms with Crippen LogP contribution in [0.2, 0.25) is 0 Å². The summed E-state index contributed by atoms with van der Waals surface area (Å²) in [7, 11) is 0. The van der Waals surface area contributed by atoms with Crippen LogP contribution in [0, 0.1) is 10.1 Å². The van der Waals surface area contributed by atoms with Crippen LogP contribution in [-0.2, 0) is 4.74 Å². The van der Waals surface area contributed by atoms with Crippen molar-refractivity contribution in [2.45, 2.75) is 37.8 Å². The molecule has 1 aliphatic carbocycles. The van der Waals surface area contributed by atoms with E-state index in [0.717, 1.165) is 0 Å². The molecule has 13 heavy (non-hydrogen) atoms. The summed E-state index contributed by atoms with van der Waals surface area (Å²) >= 11 is 5.02. The summed E-state index contributed by atoms with van der Waals surface area (Å²) < 4.78 is 4.72. The third kappa shape index (κ3) is 3.18. The molecule has 0 aromatic rings. The SMILES string of the molecule is O=C(Cl)OC1CCC([N+](=O)[O-])CC1. The molecule has 0 saturated heterocycles. The highest BCUT2D eigenvalue weighted by Gasteiger charge is 2.29. The summed E-state index contributed by atoms with van der Waals surface area (Å²) in [6.07, 6.45) is 1.75. The van der Waals surface area contributed by atoms with Crippen LogP contribution in [0.25, 0.3) is 0 Å². The summed E-state index contributed by atoms with van der Waals surface area (Å²) in [5.74, 6) is 0. The Bertz CT molecular complexity index is 213. The van der Waals surface area contributed by atoms with Crippen molar-refractivity contribution in [2.75, 3.05) is 0 Å². The summed E-state index contributed by atoms with van der Waals surface area (Å²) in [5.41, 5.74) is -0.829. The molecule has 0 aliphatic heterocycles. The topological polar surface area (TPSA) is 69.4 Å². The van der Waals surface area contributed by atoms with Gasteiger partial charge in [0.1, 0.15) is 6.10 Å². The molecule has 1 saturated carbocycles. The first-order valence-corrected chi connectivity index (χ1v) is 4.47. The van der Waals surface area contributed by atoms with Gasteiger partial charge >= 0.3 is 5.43 Å². The lowest BCUT2D eigenvalue weighted by molar-refractivity contribution is -0.527. The molecule has 0 amide bonds. The Morgan fingerprint density at radius 3 is 2.31 bits per heavy atom. The van der Waals surface area contributed by atoms with E-state index in [9.17, 15) is 14.9 Å². The van der Waals surface area contributed by atoms with Gasteiger partial charge in [-0.25, -0.2) is 4.79 Å². The molecule has 0 bridgehead atoms. The van der Waals surface area contributed by atoms with E-state index in [1.54, 1.807) is 0 Å². The minimum absolute atomic E-state index is 0.235. The van der Waals surface area contributed by atoms with Crippen molar-refractivity contribution in [3.63, 3.8) is 0 Å². The highest BCUT2D eigenvalue weighted by molar-refractivity contribution is 6.61. The maximum absolute atomic E-state index is 10.4. The first-order valence-electron chi connectivity index (χ1n) is 4.09. The Balaban J connectivity index is 2.30. The van der Waals surface area contributed by atoms with Crippen molar-refractivity contribution >= 4 is 17.0 Å². The number of halogens is 1. The van der Waals surface area contributed by atoms with Crippen molar-refractivity contribution < 1.29 is 14.5 Å². The average Bonchev–Trinajstić information content (AvgIpc) is 2.04. The Labute approximate surface area is 80.2 Å². The zero-order valence-corrected chi connectivity index (χ0v) is 7.70. The van der Waals surface area contributed by atoms with Crippen molar-refractivity contribution in [1.82, 2.24) is 0 Å². The molecule has 5 nitrogen and oxygen atoms in total. The molecular weight excluding hydrogens is 198 g/mol. The van der Waals surface area contributed by atoms with Gasteiger partial charge in [0.25, 0.3) is 0 Å². The fourth-order valence-electron chi connectivity index (χ4n) is 1.50. The van der Waals surface area contributed by atoms with Crippen LogP contribution in [0.5, 0.6) is 0 Å². The van der Waals surface area contributed by atoms with Crippen LogP contribution < -0.4 is 0 Å². The van der Waals surface area contributed by atoms with Gasteiger partial charge in [-0.05, 0) is 12.8 Å². The summed E-state index contributed by atoms with van der Waals surface area (Å²) in [6.45, 7) is 0. The van der Waals surface area contributed by atoms with Crippen molar-refractivity contribution in [3.05, 3.63) is 10.1 Å². The zero-order valence-electron chi connectivity index (χ0n) is 6.94. The number of ether oxygens (including phenoxy) is 1. The molecule has 1 rings (SSSR count). The van der Waals surface area contributed by atoms with E-state index in [0.29, 0.717) is 25.7 Å². The monoisotopic (exact) mass is 207 g/mol. The summed E-state index contributed by atoms with van der Waals surface area (Å²) in [4.78, 5) is 20.4. The van der Waals surface area contributed by atoms with Crippen LogP contribution >= 0.6 is 11.6 Å². The molecule has 0 atom stereocenters. The molecular formula is C7H10ClNO4. The van der Waals surface area contributed by atoms with Gasteiger partial charge in [-0.1, -0.05) is 0 Å². The molecule has 0 aromatic heterocycles. The van der Waals surface area contributed by atoms with Gasteiger partial charge in [0.2, 0.25) is 6.04 Å². The fraction of sp³-hybridized carbons (Fsp3) is 0.857. The van der Waals surface area contributed by atoms with Crippen molar-refractivity contribution in [2.24, 2.45) is 0 Å². The van der Waals surface area contributed by atoms with Gasteiger partial charge in [-0.15, -0.1) is 0 Å². The first kappa shape index (κ1) is 10.2. The lowest BCUT2D eigenvalue weighted by Crippen LogP contribution is -2.30. The van der Waals surface area contributed by atoms with Crippen LogP contribution in [-0.4, -0.2) is 22.5 Å². The Morgan fingerprint density at radius 1 is 1.38 bits per heavy atom. The number of carbonyl (C=O) groups excluding carboxylic acids is 1. The van der Waals surface area contributed by atoms with E-state index in [2.05, 4.69) is 0 Å². The number of carbonyl (C=O) groups is 1. The van der Waals surface area contributed by atoms with Gasteiger partial charge in [0.15, 0.2) is 0 Å². The Morgan fingerprint density at radius 2 is 1.92 bits per heavy atom. The highest BCUT2D eigenvalue weighted by atomic mass is 35.5. The Hall–Kier alpha value is -0.840. The van der Waals surface area contributed by atoms with E-state index in [1.807, 2.05) is 0 Å². The maximum atomic E-state index is 10.4.